The fourth-order valence-electron chi connectivity index (χ4n) is 5.78. The zero-order valence-corrected chi connectivity index (χ0v) is 23.0. The molecule has 0 aliphatic carbocycles. The molecule has 2 saturated heterocycles. The first kappa shape index (κ1) is 24.9. The molecule has 0 bridgehead atoms. The molecule has 1 amide bonds. The number of likely N-dealkylation sites (N-methyl/N-ethyl adjacent to an activating group) is 1. The fourth-order valence-corrected chi connectivity index (χ4v) is 7.20. The number of fused-ring (bicyclic) bond motifs is 2. The van der Waals surface area contributed by atoms with E-state index in [1.54, 1.807) is 0 Å². The summed E-state index contributed by atoms with van der Waals surface area (Å²) >= 11 is 1.50. The van der Waals surface area contributed by atoms with Crippen molar-refractivity contribution in [2.24, 2.45) is 0 Å². The minimum absolute atomic E-state index is 0.161. The number of piperazine rings is 1. The van der Waals surface area contributed by atoms with Gasteiger partial charge in [0.15, 0.2) is 5.82 Å². The molecule has 1 N–H and O–H groups in total. The molecule has 0 aromatic carbocycles. The van der Waals surface area contributed by atoms with Gasteiger partial charge in [-0.3, -0.25) is 9.69 Å². The fraction of sp³-hybridized carbons (Fsp3) is 0.444. The Hall–Kier alpha value is -3.44. The molecule has 2 aliphatic heterocycles. The van der Waals surface area contributed by atoms with Crippen molar-refractivity contribution in [2.45, 2.75) is 58.7 Å². The minimum atomic E-state index is -0.476. The molecule has 1 unspecified atom stereocenters. The Morgan fingerprint density at radius 1 is 1.13 bits per heavy atom. The van der Waals surface area contributed by atoms with E-state index >= 15 is 0 Å². The highest BCUT2D eigenvalue weighted by atomic mass is 32.1. The summed E-state index contributed by atoms with van der Waals surface area (Å²) in [4.78, 5) is 36.1. The van der Waals surface area contributed by atoms with E-state index in [0.717, 1.165) is 51.6 Å². The third-order valence-corrected chi connectivity index (χ3v) is 8.98. The summed E-state index contributed by atoms with van der Waals surface area (Å²) in [6.45, 7) is 9.41. The van der Waals surface area contributed by atoms with Crippen LogP contribution < -0.4 is 5.32 Å². The zero-order chi connectivity index (χ0) is 26.7. The van der Waals surface area contributed by atoms with Crippen molar-refractivity contribution in [3.8, 4) is 10.6 Å². The lowest BCUT2D eigenvalue weighted by Crippen LogP contribution is -2.52. The second-order valence-corrected chi connectivity index (χ2v) is 11.5. The molecule has 0 spiro atoms. The Labute approximate surface area is 224 Å². The van der Waals surface area contributed by atoms with Crippen LogP contribution in [0.3, 0.4) is 0 Å². The predicted molar refractivity (Wildman–Crippen MR) is 146 cm³/mol. The maximum atomic E-state index is 14.9. The monoisotopic (exact) mass is 534 g/mol. The summed E-state index contributed by atoms with van der Waals surface area (Å²) in [6, 6.07) is 4.75. The highest BCUT2D eigenvalue weighted by Crippen LogP contribution is 2.40. The van der Waals surface area contributed by atoms with E-state index in [4.69, 9.17) is 4.98 Å². The Balaban J connectivity index is 1.24. The Bertz CT molecular complexity index is 1530. The third-order valence-electron chi connectivity index (χ3n) is 7.70. The second kappa shape index (κ2) is 9.39. The quantitative estimate of drug-likeness (QED) is 0.385. The van der Waals surface area contributed by atoms with Crippen molar-refractivity contribution in [1.82, 2.24) is 34.3 Å². The number of pyridine rings is 1. The first-order valence-corrected chi connectivity index (χ1v) is 13.8. The van der Waals surface area contributed by atoms with Crippen molar-refractivity contribution in [2.75, 3.05) is 25.5 Å². The van der Waals surface area contributed by atoms with Crippen molar-refractivity contribution in [3.05, 3.63) is 47.3 Å². The normalized spacial score (nSPS) is 20.1. The Kier molecular flexibility index (Phi) is 6.14. The number of rotatable bonds is 5. The Morgan fingerprint density at radius 2 is 1.95 bits per heavy atom. The summed E-state index contributed by atoms with van der Waals surface area (Å²) in [5.41, 5.74) is 3.14. The predicted octanol–water partition coefficient (Wildman–Crippen LogP) is 5.01. The Morgan fingerprint density at radius 3 is 2.68 bits per heavy atom. The van der Waals surface area contributed by atoms with Gasteiger partial charge in [0.2, 0.25) is 11.9 Å². The summed E-state index contributed by atoms with van der Waals surface area (Å²) in [7, 11) is 1.87. The molecule has 4 aromatic rings. The molecule has 2 aliphatic rings. The van der Waals surface area contributed by atoms with E-state index in [2.05, 4.69) is 43.6 Å². The summed E-state index contributed by atoms with van der Waals surface area (Å²) in [5.74, 6) is 1.49. The number of thiophene rings is 1. The molecule has 2 fully saturated rings. The smallest absolute Gasteiger partial charge is 0.236 e. The second-order valence-electron chi connectivity index (χ2n) is 10.5. The number of hydrogen-bond donors (Lipinski definition) is 1. The molecule has 0 radical (unpaired) electrons. The van der Waals surface area contributed by atoms with E-state index in [1.807, 2.05) is 44.1 Å². The molecule has 198 valence electrons. The van der Waals surface area contributed by atoms with Gasteiger partial charge in [-0.2, -0.15) is 0 Å². The number of aromatic nitrogens is 5. The van der Waals surface area contributed by atoms with Gasteiger partial charge in [0.1, 0.15) is 27.7 Å². The van der Waals surface area contributed by atoms with Gasteiger partial charge in [-0.25, -0.2) is 24.3 Å². The van der Waals surface area contributed by atoms with E-state index in [0.29, 0.717) is 18.4 Å². The van der Waals surface area contributed by atoms with Gasteiger partial charge in [-0.05, 0) is 57.7 Å². The topological polar surface area (TPSA) is 92.1 Å². The lowest BCUT2D eigenvalue weighted by molar-refractivity contribution is -0.136. The van der Waals surface area contributed by atoms with Crippen LogP contribution in [0.5, 0.6) is 0 Å². The molecule has 6 heterocycles. The first-order valence-electron chi connectivity index (χ1n) is 12.9. The van der Waals surface area contributed by atoms with Gasteiger partial charge in [-0.15, -0.1) is 11.3 Å². The number of halogens is 1. The van der Waals surface area contributed by atoms with E-state index < -0.39 is 5.82 Å². The molecule has 2 atom stereocenters. The lowest BCUT2D eigenvalue weighted by Gasteiger charge is -2.37. The average molecular weight is 535 g/mol. The van der Waals surface area contributed by atoms with Crippen molar-refractivity contribution >= 4 is 39.4 Å². The molecule has 6 rings (SSSR count). The van der Waals surface area contributed by atoms with Crippen LogP contribution in [-0.2, 0) is 4.79 Å². The minimum Gasteiger partial charge on any atom is -0.343 e. The lowest BCUT2D eigenvalue weighted by atomic mass is 10.1. The maximum absolute atomic E-state index is 14.9. The van der Waals surface area contributed by atoms with Crippen LogP contribution >= 0.6 is 11.3 Å². The van der Waals surface area contributed by atoms with Crippen LogP contribution in [0.15, 0.2) is 24.5 Å². The number of carbonyl (C=O) groups excluding carboxylic acids is 1. The van der Waals surface area contributed by atoms with Crippen LogP contribution in [0.25, 0.3) is 20.9 Å². The van der Waals surface area contributed by atoms with E-state index in [9.17, 15) is 9.18 Å². The molecule has 11 heteroatoms. The molecular weight excluding hydrogens is 503 g/mol. The average Bonchev–Trinajstić information content (AvgIpc) is 3.53. The van der Waals surface area contributed by atoms with E-state index in [1.165, 1.54) is 17.5 Å². The third kappa shape index (κ3) is 4.14. The van der Waals surface area contributed by atoms with Gasteiger partial charge >= 0.3 is 0 Å². The molecular formula is C27H31FN8OS. The van der Waals surface area contributed by atoms with Gasteiger partial charge in [0.05, 0.1) is 17.6 Å². The number of nitrogens with one attached hydrogen (secondary N) is 1. The zero-order valence-electron chi connectivity index (χ0n) is 22.2. The number of amides is 1. The molecule has 0 saturated carbocycles. The molecule has 9 nitrogen and oxygen atoms in total. The van der Waals surface area contributed by atoms with Crippen LogP contribution in [-0.4, -0.2) is 66.4 Å². The van der Waals surface area contributed by atoms with Crippen LogP contribution in [0.1, 0.15) is 55.7 Å². The summed E-state index contributed by atoms with van der Waals surface area (Å²) in [5, 5.41) is 3.12. The SMILES string of the molecule is Cc1c(-c2nc(Nc3ccc(C4CC[C@H]5CN(C)C(=O)CN45)cn3)ncc2F)sc2c1nc(C)n2C(C)C. The highest BCUT2D eigenvalue weighted by Gasteiger charge is 2.40. The van der Waals surface area contributed by atoms with Gasteiger partial charge in [0, 0.05) is 37.9 Å². The van der Waals surface area contributed by atoms with E-state index in [-0.39, 0.29) is 29.6 Å². The highest BCUT2D eigenvalue weighted by molar-refractivity contribution is 7.22. The number of aryl methyl sites for hydroxylation is 2. The largest absolute Gasteiger partial charge is 0.343 e. The maximum Gasteiger partial charge on any atom is 0.236 e. The van der Waals surface area contributed by atoms with Crippen molar-refractivity contribution < 1.29 is 9.18 Å². The number of carbonyl (C=O) groups is 1. The van der Waals surface area contributed by atoms with Gasteiger partial charge in [0.25, 0.3) is 0 Å². The number of anilines is 2. The van der Waals surface area contributed by atoms with Crippen molar-refractivity contribution in [1.29, 1.82) is 0 Å². The van der Waals surface area contributed by atoms with Crippen molar-refractivity contribution in [3.63, 3.8) is 0 Å². The van der Waals surface area contributed by atoms with Crippen LogP contribution in [0, 0.1) is 19.7 Å². The van der Waals surface area contributed by atoms with Gasteiger partial charge in [-0.1, -0.05) is 6.07 Å². The van der Waals surface area contributed by atoms with Crippen LogP contribution in [0.4, 0.5) is 16.2 Å². The first-order chi connectivity index (χ1) is 18.2. The number of nitrogens with zero attached hydrogens (tertiary/aromatic N) is 7. The summed E-state index contributed by atoms with van der Waals surface area (Å²) < 4.78 is 17.1. The number of hydrogen-bond acceptors (Lipinski definition) is 8. The summed E-state index contributed by atoms with van der Waals surface area (Å²) in [6.07, 6.45) is 5.12. The standard InChI is InChI=1S/C27H31FN8OS/c1-14(2)36-16(4)31-23-15(3)25(38-26(23)36)24-19(28)11-30-27(33-24)32-21-9-6-17(10-29-21)20-8-7-18-12-34(5)22(37)13-35(18)20/h6,9-11,14,18,20H,7-8,12-13H2,1-5H3,(H,29,30,32,33)/t18-,20?/m0/s1. The van der Waals surface area contributed by atoms with Crippen LogP contribution in [0.2, 0.25) is 0 Å². The molecule has 4 aromatic heterocycles. The van der Waals surface area contributed by atoms with Gasteiger partial charge < -0.3 is 14.8 Å². The number of imidazole rings is 1. The molecule has 38 heavy (non-hydrogen) atoms.